The van der Waals surface area contributed by atoms with Gasteiger partial charge in [-0.25, -0.2) is 0 Å². The summed E-state index contributed by atoms with van der Waals surface area (Å²) in [5.74, 6) is 0. The van der Waals surface area contributed by atoms with Crippen LogP contribution in [0.25, 0.3) is 0 Å². The molecule has 2 heteroatoms. The quantitative estimate of drug-likeness (QED) is 0.696. The summed E-state index contributed by atoms with van der Waals surface area (Å²) in [4.78, 5) is 2.42. The number of hydrogen-bond acceptors (Lipinski definition) is 2. The van der Waals surface area contributed by atoms with Crippen molar-refractivity contribution in [3.05, 3.63) is 35.4 Å². The van der Waals surface area contributed by atoms with Crippen LogP contribution in [-0.4, -0.2) is 25.5 Å². The van der Waals surface area contributed by atoms with E-state index in [1.54, 1.807) is 0 Å². The maximum atomic E-state index is 3.23. The Balaban J connectivity index is 2.48. The van der Waals surface area contributed by atoms with E-state index in [0.717, 1.165) is 13.1 Å². The second kappa shape index (κ2) is 8.26. The second-order valence-corrected chi connectivity index (χ2v) is 4.74. The lowest BCUT2D eigenvalue weighted by molar-refractivity contribution is 0.317. The molecule has 0 heterocycles. The molecule has 96 valence electrons. The Morgan fingerprint density at radius 1 is 1.12 bits per heavy atom. The number of benzene rings is 1. The Bertz CT molecular complexity index is 310. The second-order valence-electron chi connectivity index (χ2n) is 4.74. The molecular weight excluding hydrogens is 208 g/mol. The van der Waals surface area contributed by atoms with Gasteiger partial charge in [0.2, 0.25) is 0 Å². The van der Waals surface area contributed by atoms with E-state index < -0.39 is 0 Å². The third kappa shape index (κ3) is 5.33. The number of nitrogens with one attached hydrogen (secondary N) is 1. The van der Waals surface area contributed by atoms with Gasteiger partial charge in [-0.05, 0) is 38.2 Å². The zero-order valence-electron chi connectivity index (χ0n) is 11.5. The molecule has 0 saturated heterocycles. The van der Waals surface area contributed by atoms with E-state index in [2.05, 4.69) is 48.5 Å². The van der Waals surface area contributed by atoms with Gasteiger partial charge >= 0.3 is 0 Å². The van der Waals surface area contributed by atoms with Crippen LogP contribution in [0.3, 0.4) is 0 Å². The first kappa shape index (κ1) is 14.2. The van der Waals surface area contributed by atoms with E-state index in [1.807, 2.05) is 7.05 Å². The highest BCUT2D eigenvalue weighted by Gasteiger charge is 2.04. The first-order chi connectivity index (χ1) is 8.27. The summed E-state index contributed by atoms with van der Waals surface area (Å²) in [7, 11) is 4.22. The van der Waals surface area contributed by atoms with Gasteiger partial charge in [-0.2, -0.15) is 0 Å². The van der Waals surface area contributed by atoms with Crippen LogP contribution in [0.1, 0.15) is 37.3 Å². The average molecular weight is 234 g/mol. The van der Waals surface area contributed by atoms with Gasteiger partial charge in [0.15, 0.2) is 0 Å². The van der Waals surface area contributed by atoms with E-state index >= 15 is 0 Å². The molecule has 0 aliphatic heterocycles. The Morgan fingerprint density at radius 3 is 2.47 bits per heavy atom. The molecule has 1 rings (SSSR count). The van der Waals surface area contributed by atoms with Crippen LogP contribution in [0, 0.1) is 0 Å². The number of unbranched alkanes of at least 4 members (excludes halogenated alkanes) is 2. The average Bonchev–Trinajstić information content (AvgIpc) is 2.32. The van der Waals surface area contributed by atoms with Crippen molar-refractivity contribution in [2.75, 3.05) is 20.6 Å². The van der Waals surface area contributed by atoms with Crippen LogP contribution in [-0.2, 0) is 13.1 Å². The van der Waals surface area contributed by atoms with Gasteiger partial charge in [0.25, 0.3) is 0 Å². The lowest BCUT2D eigenvalue weighted by Crippen LogP contribution is -2.20. The molecule has 0 aromatic heterocycles. The van der Waals surface area contributed by atoms with Crippen molar-refractivity contribution in [1.29, 1.82) is 0 Å². The van der Waals surface area contributed by atoms with Gasteiger partial charge in [-0.15, -0.1) is 0 Å². The van der Waals surface area contributed by atoms with Crippen LogP contribution >= 0.6 is 0 Å². The highest BCUT2D eigenvalue weighted by molar-refractivity contribution is 5.26. The summed E-state index contributed by atoms with van der Waals surface area (Å²) in [5.41, 5.74) is 2.86. The van der Waals surface area contributed by atoms with Gasteiger partial charge in [-0.1, -0.05) is 44.0 Å². The normalized spacial score (nSPS) is 11.1. The van der Waals surface area contributed by atoms with Crippen molar-refractivity contribution in [2.45, 2.75) is 39.3 Å². The van der Waals surface area contributed by atoms with Gasteiger partial charge in [0, 0.05) is 13.1 Å². The Hall–Kier alpha value is -0.860. The van der Waals surface area contributed by atoms with E-state index in [9.17, 15) is 0 Å². The van der Waals surface area contributed by atoms with E-state index in [-0.39, 0.29) is 0 Å². The molecule has 1 aromatic carbocycles. The molecule has 0 spiro atoms. The smallest absolute Gasteiger partial charge is 0.0233 e. The maximum absolute atomic E-state index is 3.23. The fraction of sp³-hybridized carbons (Fsp3) is 0.600. The standard InChI is InChI=1S/C15H26N2/c1-4-5-8-11-17(3)13-15-10-7-6-9-14(15)12-16-2/h6-7,9-10,16H,4-5,8,11-13H2,1-3H3. The first-order valence-electron chi connectivity index (χ1n) is 6.67. The summed E-state index contributed by atoms with van der Waals surface area (Å²) >= 11 is 0. The number of rotatable bonds is 8. The van der Waals surface area contributed by atoms with E-state index in [0.29, 0.717) is 0 Å². The van der Waals surface area contributed by atoms with Crippen molar-refractivity contribution in [1.82, 2.24) is 10.2 Å². The molecule has 0 saturated carbocycles. The summed E-state index contributed by atoms with van der Waals surface area (Å²) < 4.78 is 0. The third-order valence-electron chi connectivity index (χ3n) is 3.07. The molecule has 0 atom stereocenters. The first-order valence-corrected chi connectivity index (χ1v) is 6.67. The highest BCUT2D eigenvalue weighted by Crippen LogP contribution is 2.11. The molecule has 0 amide bonds. The molecule has 1 N–H and O–H groups in total. The molecular formula is C15H26N2. The molecule has 0 unspecified atom stereocenters. The van der Waals surface area contributed by atoms with Crippen LogP contribution in [0.4, 0.5) is 0 Å². The zero-order chi connectivity index (χ0) is 12.5. The molecule has 1 aromatic rings. The molecule has 2 nitrogen and oxygen atoms in total. The van der Waals surface area contributed by atoms with Crippen LogP contribution in [0.5, 0.6) is 0 Å². The van der Waals surface area contributed by atoms with E-state index in [1.165, 1.54) is 36.9 Å². The van der Waals surface area contributed by atoms with Gasteiger partial charge in [0.05, 0.1) is 0 Å². The monoisotopic (exact) mass is 234 g/mol. The third-order valence-corrected chi connectivity index (χ3v) is 3.07. The topological polar surface area (TPSA) is 15.3 Å². The number of nitrogens with zero attached hydrogens (tertiary/aromatic N) is 1. The Kier molecular flexibility index (Phi) is 6.90. The van der Waals surface area contributed by atoms with Gasteiger partial charge in [-0.3, -0.25) is 0 Å². The fourth-order valence-electron chi connectivity index (χ4n) is 2.08. The van der Waals surface area contributed by atoms with Crippen LogP contribution < -0.4 is 5.32 Å². The minimum Gasteiger partial charge on any atom is -0.316 e. The zero-order valence-corrected chi connectivity index (χ0v) is 11.5. The van der Waals surface area contributed by atoms with E-state index in [4.69, 9.17) is 0 Å². The molecule has 0 bridgehead atoms. The maximum Gasteiger partial charge on any atom is 0.0233 e. The van der Waals surface area contributed by atoms with Crippen molar-refractivity contribution in [2.24, 2.45) is 0 Å². The summed E-state index contributed by atoms with van der Waals surface area (Å²) in [5, 5.41) is 3.23. The van der Waals surface area contributed by atoms with Crippen molar-refractivity contribution >= 4 is 0 Å². The molecule has 0 fully saturated rings. The minimum atomic E-state index is 0.957. The summed E-state index contributed by atoms with van der Waals surface area (Å²) in [6.07, 6.45) is 3.94. The van der Waals surface area contributed by atoms with Crippen LogP contribution in [0.15, 0.2) is 24.3 Å². The summed E-state index contributed by atoms with van der Waals surface area (Å²) in [6, 6.07) is 8.70. The largest absolute Gasteiger partial charge is 0.316 e. The molecule has 0 aliphatic carbocycles. The fourth-order valence-corrected chi connectivity index (χ4v) is 2.08. The van der Waals surface area contributed by atoms with Gasteiger partial charge < -0.3 is 10.2 Å². The SMILES string of the molecule is CCCCCN(C)Cc1ccccc1CNC. The van der Waals surface area contributed by atoms with Crippen LogP contribution in [0.2, 0.25) is 0 Å². The van der Waals surface area contributed by atoms with Crippen molar-refractivity contribution in [3.63, 3.8) is 0 Å². The molecule has 17 heavy (non-hydrogen) atoms. The highest BCUT2D eigenvalue weighted by atomic mass is 15.1. The van der Waals surface area contributed by atoms with Crippen molar-refractivity contribution in [3.8, 4) is 0 Å². The molecule has 0 radical (unpaired) electrons. The predicted molar refractivity (Wildman–Crippen MR) is 75.1 cm³/mol. The lowest BCUT2D eigenvalue weighted by atomic mass is 10.1. The predicted octanol–water partition coefficient (Wildman–Crippen LogP) is 3.03. The van der Waals surface area contributed by atoms with Gasteiger partial charge in [0.1, 0.15) is 0 Å². The molecule has 0 aliphatic rings. The Morgan fingerprint density at radius 2 is 1.82 bits per heavy atom. The lowest BCUT2D eigenvalue weighted by Gasteiger charge is -2.18. The van der Waals surface area contributed by atoms with Crippen molar-refractivity contribution < 1.29 is 0 Å². The summed E-state index contributed by atoms with van der Waals surface area (Å²) in [6.45, 7) is 5.46. The minimum absolute atomic E-state index is 0.957. The Labute approximate surface area is 106 Å². The number of hydrogen-bond donors (Lipinski definition) is 1.